The molecule has 0 aliphatic rings. The lowest BCUT2D eigenvalue weighted by molar-refractivity contribution is 0.0955. The van der Waals surface area contributed by atoms with Gasteiger partial charge in [0.15, 0.2) is 0 Å². The normalized spacial score (nSPS) is 10.7. The van der Waals surface area contributed by atoms with Gasteiger partial charge in [-0.1, -0.05) is 35.9 Å². The Balaban J connectivity index is 1.63. The first kappa shape index (κ1) is 17.6. The number of benzene rings is 2. The Morgan fingerprint density at radius 2 is 1.81 bits per heavy atom. The molecule has 0 fully saturated rings. The molecule has 5 nitrogen and oxygen atoms in total. The van der Waals surface area contributed by atoms with Crippen LogP contribution in [0.2, 0.25) is 5.02 Å². The Morgan fingerprint density at radius 1 is 1.08 bits per heavy atom. The summed E-state index contributed by atoms with van der Waals surface area (Å²) in [7, 11) is 0. The van der Waals surface area contributed by atoms with E-state index >= 15 is 0 Å². The van der Waals surface area contributed by atoms with Gasteiger partial charge in [-0.15, -0.1) is 0 Å². The number of nitrogens with zero attached hydrogens (tertiary/aromatic N) is 2. The Bertz CT molecular complexity index is 896. The molecule has 0 bridgehead atoms. The van der Waals surface area contributed by atoms with Gasteiger partial charge in [0.05, 0.1) is 6.21 Å². The van der Waals surface area contributed by atoms with Crippen molar-refractivity contribution in [3.8, 4) is 5.75 Å². The van der Waals surface area contributed by atoms with Crippen molar-refractivity contribution in [3.63, 3.8) is 0 Å². The van der Waals surface area contributed by atoms with Crippen LogP contribution in [0.4, 0.5) is 0 Å². The van der Waals surface area contributed by atoms with Crippen LogP contribution in [0, 0.1) is 0 Å². The minimum absolute atomic E-state index is 0.303. The Labute approximate surface area is 156 Å². The van der Waals surface area contributed by atoms with Gasteiger partial charge in [0.1, 0.15) is 12.4 Å². The van der Waals surface area contributed by atoms with Crippen molar-refractivity contribution < 1.29 is 9.53 Å². The number of para-hydroxylation sites is 1. The SMILES string of the molecule is O=C(N/N=C/c1ccccc1OCc1ccc(Cl)cc1)c1ccncc1. The quantitative estimate of drug-likeness (QED) is 0.529. The maximum atomic E-state index is 12.0. The van der Waals surface area contributed by atoms with Crippen molar-refractivity contribution in [2.45, 2.75) is 6.61 Å². The highest BCUT2D eigenvalue weighted by Gasteiger charge is 2.04. The first-order chi connectivity index (χ1) is 12.7. The standard InChI is InChI=1S/C20H16ClN3O2/c21-18-7-5-15(6-8-18)14-26-19-4-2-1-3-17(19)13-23-24-20(25)16-9-11-22-12-10-16/h1-13H,14H2,(H,24,25)/b23-13+. The van der Waals surface area contributed by atoms with Gasteiger partial charge in [-0.3, -0.25) is 9.78 Å². The summed E-state index contributed by atoms with van der Waals surface area (Å²) in [4.78, 5) is 15.8. The fourth-order valence-corrected chi connectivity index (χ4v) is 2.31. The smallest absolute Gasteiger partial charge is 0.271 e. The van der Waals surface area contributed by atoms with E-state index < -0.39 is 0 Å². The van der Waals surface area contributed by atoms with E-state index in [1.807, 2.05) is 48.5 Å². The van der Waals surface area contributed by atoms with Gasteiger partial charge in [0.25, 0.3) is 5.91 Å². The van der Waals surface area contributed by atoms with E-state index in [1.54, 1.807) is 30.7 Å². The van der Waals surface area contributed by atoms with Gasteiger partial charge in [0, 0.05) is 28.5 Å². The van der Waals surface area contributed by atoms with Gasteiger partial charge in [-0.25, -0.2) is 5.43 Å². The van der Waals surface area contributed by atoms with Crippen LogP contribution in [0.25, 0.3) is 0 Å². The Morgan fingerprint density at radius 3 is 2.58 bits per heavy atom. The number of ether oxygens (including phenoxy) is 1. The minimum atomic E-state index is -0.303. The molecule has 2 aromatic carbocycles. The lowest BCUT2D eigenvalue weighted by Crippen LogP contribution is -2.17. The number of amides is 1. The van der Waals surface area contributed by atoms with E-state index in [9.17, 15) is 4.79 Å². The highest BCUT2D eigenvalue weighted by Crippen LogP contribution is 2.18. The first-order valence-electron chi connectivity index (χ1n) is 7.92. The molecule has 0 saturated carbocycles. The van der Waals surface area contributed by atoms with E-state index in [1.165, 1.54) is 0 Å². The molecule has 130 valence electrons. The molecule has 0 radical (unpaired) electrons. The lowest BCUT2D eigenvalue weighted by atomic mass is 10.2. The third-order valence-electron chi connectivity index (χ3n) is 3.54. The summed E-state index contributed by atoms with van der Waals surface area (Å²) < 4.78 is 5.85. The second-order valence-electron chi connectivity index (χ2n) is 5.39. The molecule has 0 saturated heterocycles. The molecule has 6 heteroatoms. The molecule has 1 heterocycles. The van der Waals surface area contributed by atoms with E-state index in [0.29, 0.717) is 22.9 Å². The van der Waals surface area contributed by atoms with Gasteiger partial charge >= 0.3 is 0 Å². The molecule has 1 amide bonds. The molecule has 26 heavy (non-hydrogen) atoms. The maximum absolute atomic E-state index is 12.0. The second kappa shape index (κ2) is 8.78. The third kappa shape index (κ3) is 4.91. The van der Waals surface area contributed by atoms with Gasteiger partial charge in [-0.2, -0.15) is 5.10 Å². The molecule has 0 atom stereocenters. The summed E-state index contributed by atoms with van der Waals surface area (Å²) >= 11 is 5.88. The predicted octanol–water partition coefficient (Wildman–Crippen LogP) is 4.08. The average Bonchev–Trinajstić information content (AvgIpc) is 2.69. The molecule has 0 spiro atoms. The topological polar surface area (TPSA) is 63.6 Å². The fourth-order valence-electron chi connectivity index (χ4n) is 2.19. The number of nitrogens with one attached hydrogen (secondary N) is 1. The van der Waals surface area contributed by atoms with Crippen molar-refractivity contribution in [3.05, 3.63) is 94.8 Å². The average molecular weight is 366 g/mol. The van der Waals surface area contributed by atoms with E-state index in [2.05, 4.69) is 15.5 Å². The third-order valence-corrected chi connectivity index (χ3v) is 3.79. The molecule has 0 aliphatic carbocycles. The number of carbonyl (C=O) groups excluding carboxylic acids is 1. The zero-order chi connectivity index (χ0) is 18.2. The molecule has 1 N–H and O–H groups in total. The molecule has 0 unspecified atom stereocenters. The van der Waals surface area contributed by atoms with Crippen LogP contribution in [0.5, 0.6) is 5.75 Å². The zero-order valence-electron chi connectivity index (χ0n) is 13.8. The summed E-state index contributed by atoms with van der Waals surface area (Å²) in [5, 5.41) is 4.69. The van der Waals surface area contributed by atoms with Crippen LogP contribution in [0.15, 0.2) is 78.2 Å². The number of hydrogen-bond acceptors (Lipinski definition) is 4. The summed E-state index contributed by atoms with van der Waals surface area (Å²) in [5.41, 5.74) is 4.74. The highest BCUT2D eigenvalue weighted by molar-refractivity contribution is 6.30. The molecule has 0 aliphatic heterocycles. The van der Waals surface area contributed by atoms with Crippen LogP contribution in [-0.2, 0) is 6.61 Å². The van der Waals surface area contributed by atoms with Gasteiger partial charge < -0.3 is 4.74 Å². The number of halogens is 1. The highest BCUT2D eigenvalue weighted by atomic mass is 35.5. The number of hydrogen-bond donors (Lipinski definition) is 1. The summed E-state index contributed by atoms with van der Waals surface area (Å²) in [5.74, 6) is 0.368. The first-order valence-corrected chi connectivity index (χ1v) is 8.30. The van der Waals surface area contributed by atoms with Crippen molar-refractivity contribution >= 4 is 23.7 Å². The van der Waals surface area contributed by atoms with Crippen LogP contribution in [0.3, 0.4) is 0 Å². The summed E-state index contributed by atoms with van der Waals surface area (Å²) in [6, 6.07) is 18.2. The number of hydrazone groups is 1. The van der Waals surface area contributed by atoms with E-state index in [-0.39, 0.29) is 5.91 Å². The molecular formula is C20H16ClN3O2. The summed E-state index contributed by atoms with van der Waals surface area (Å²) in [6.07, 6.45) is 4.66. The van der Waals surface area contributed by atoms with Crippen molar-refractivity contribution in [1.29, 1.82) is 0 Å². The Kier molecular flexibility index (Phi) is 5.96. The molecule has 3 aromatic rings. The largest absolute Gasteiger partial charge is 0.488 e. The number of aromatic nitrogens is 1. The van der Waals surface area contributed by atoms with Crippen LogP contribution in [-0.4, -0.2) is 17.1 Å². The molecule has 3 rings (SSSR count). The fraction of sp³-hybridized carbons (Fsp3) is 0.0500. The maximum Gasteiger partial charge on any atom is 0.271 e. The number of rotatable bonds is 6. The van der Waals surface area contributed by atoms with Crippen molar-refractivity contribution in [1.82, 2.24) is 10.4 Å². The van der Waals surface area contributed by atoms with E-state index in [4.69, 9.17) is 16.3 Å². The number of carbonyl (C=O) groups is 1. The minimum Gasteiger partial charge on any atom is -0.488 e. The predicted molar refractivity (Wildman–Crippen MR) is 102 cm³/mol. The lowest BCUT2D eigenvalue weighted by Gasteiger charge is -2.09. The zero-order valence-corrected chi connectivity index (χ0v) is 14.6. The van der Waals surface area contributed by atoms with Crippen LogP contribution in [0.1, 0.15) is 21.5 Å². The van der Waals surface area contributed by atoms with Gasteiger partial charge in [-0.05, 0) is 42.0 Å². The van der Waals surface area contributed by atoms with Crippen molar-refractivity contribution in [2.75, 3.05) is 0 Å². The summed E-state index contributed by atoms with van der Waals surface area (Å²) in [6.45, 7) is 0.408. The Hall–Kier alpha value is -3.18. The number of pyridine rings is 1. The van der Waals surface area contributed by atoms with Gasteiger partial charge in [0.2, 0.25) is 0 Å². The van der Waals surface area contributed by atoms with E-state index in [0.717, 1.165) is 11.1 Å². The monoisotopic (exact) mass is 365 g/mol. The van der Waals surface area contributed by atoms with Crippen LogP contribution >= 0.6 is 11.6 Å². The molecule has 1 aromatic heterocycles. The van der Waals surface area contributed by atoms with Crippen LogP contribution < -0.4 is 10.2 Å². The van der Waals surface area contributed by atoms with Crippen molar-refractivity contribution in [2.24, 2.45) is 5.10 Å². The second-order valence-corrected chi connectivity index (χ2v) is 5.82. The molecular weight excluding hydrogens is 350 g/mol.